The van der Waals surface area contributed by atoms with E-state index in [0.29, 0.717) is 30.0 Å². The third kappa shape index (κ3) is 3.16. The smallest absolute Gasteiger partial charge is 0.340 e. The van der Waals surface area contributed by atoms with Gasteiger partial charge in [-0.3, -0.25) is 9.59 Å². The fourth-order valence-electron chi connectivity index (χ4n) is 3.34. The van der Waals surface area contributed by atoms with Crippen molar-refractivity contribution in [3.05, 3.63) is 17.0 Å². The monoisotopic (exact) mass is 351 g/mol. The lowest BCUT2D eigenvalue weighted by Crippen LogP contribution is -2.43. The number of carbonyl (C=O) groups is 3. The zero-order chi connectivity index (χ0) is 17.3. The molecule has 1 aromatic heterocycles. The first kappa shape index (κ1) is 16.9. The van der Waals surface area contributed by atoms with Crippen LogP contribution in [0.4, 0.5) is 5.00 Å². The average Bonchev–Trinajstić information content (AvgIpc) is 3.28. The summed E-state index contributed by atoms with van der Waals surface area (Å²) in [5.41, 5.74) is 6.22. The molecule has 3 atom stereocenters. The summed E-state index contributed by atoms with van der Waals surface area (Å²) in [6.45, 7) is 0.471. The molecular weight excluding hydrogens is 330 g/mol. The Balaban J connectivity index is 1.66. The molecule has 0 spiro atoms. The van der Waals surface area contributed by atoms with Crippen molar-refractivity contribution in [1.29, 1.82) is 0 Å². The van der Waals surface area contributed by atoms with E-state index in [1.54, 1.807) is 16.3 Å². The summed E-state index contributed by atoms with van der Waals surface area (Å²) in [7, 11) is 1.31. The Morgan fingerprint density at radius 3 is 2.83 bits per heavy atom. The maximum atomic E-state index is 12.6. The number of thiophene rings is 1. The Hall–Kier alpha value is -1.93. The molecule has 2 amide bonds. The minimum Gasteiger partial charge on any atom is -0.465 e. The maximum Gasteiger partial charge on any atom is 0.340 e. The van der Waals surface area contributed by atoms with Crippen LogP contribution in [0.1, 0.15) is 36.0 Å². The van der Waals surface area contributed by atoms with Gasteiger partial charge in [-0.2, -0.15) is 0 Å². The lowest BCUT2D eigenvalue weighted by molar-refractivity contribution is -0.129. The molecule has 1 saturated heterocycles. The molecule has 3 unspecified atom stereocenters. The van der Waals surface area contributed by atoms with Gasteiger partial charge in [0.2, 0.25) is 11.8 Å². The van der Waals surface area contributed by atoms with E-state index in [-0.39, 0.29) is 23.8 Å². The van der Waals surface area contributed by atoms with Crippen molar-refractivity contribution in [2.75, 3.05) is 18.6 Å². The molecule has 1 aliphatic heterocycles. The minimum absolute atomic E-state index is 0.0743. The Kier molecular flexibility index (Phi) is 4.86. The van der Waals surface area contributed by atoms with Crippen molar-refractivity contribution in [1.82, 2.24) is 5.32 Å². The summed E-state index contributed by atoms with van der Waals surface area (Å²) < 4.78 is 4.75. The first-order chi connectivity index (χ1) is 11.5. The number of anilines is 1. The van der Waals surface area contributed by atoms with Crippen LogP contribution >= 0.6 is 11.3 Å². The Labute approximate surface area is 144 Å². The second kappa shape index (κ2) is 6.90. The van der Waals surface area contributed by atoms with Crippen LogP contribution in [0.5, 0.6) is 0 Å². The summed E-state index contributed by atoms with van der Waals surface area (Å²) in [5.74, 6) is -0.846. The molecule has 0 radical (unpaired) electrons. The van der Waals surface area contributed by atoms with Crippen molar-refractivity contribution >= 4 is 34.1 Å². The van der Waals surface area contributed by atoms with Gasteiger partial charge in [0.25, 0.3) is 0 Å². The number of nitrogens with zero attached hydrogens (tertiary/aromatic N) is 1. The molecule has 2 heterocycles. The van der Waals surface area contributed by atoms with E-state index in [4.69, 9.17) is 10.5 Å². The molecule has 1 saturated carbocycles. The number of rotatable bonds is 4. The lowest BCUT2D eigenvalue weighted by Gasteiger charge is -2.18. The summed E-state index contributed by atoms with van der Waals surface area (Å²) in [6.07, 6.45) is 2.82. The van der Waals surface area contributed by atoms with Crippen LogP contribution in [-0.2, 0) is 14.3 Å². The number of nitrogens with one attached hydrogen (secondary N) is 1. The second-order valence-corrected chi connectivity index (χ2v) is 7.14. The minimum atomic E-state index is -0.540. The number of nitrogens with two attached hydrogens (primary N) is 1. The third-order valence-corrected chi connectivity index (χ3v) is 5.60. The van der Waals surface area contributed by atoms with Crippen molar-refractivity contribution < 1.29 is 19.1 Å². The van der Waals surface area contributed by atoms with Crippen LogP contribution in [-0.4, -0.2) is 43.5 Å². The molecule has 24 heavy (non-hydrogen) atoms. The van der Waals surface area contributed by atoms with Gasteiger partial charge in [0, 0.05) is 18.5 Å². The number of carbonyl (C=O) groups excluding carboxylic acids is 3. The third-order valence-electron chi connectivity index (χ3n) is 4.66. The van der Waals surface area contributed by atoms with E-state index in [9.17, 15) is 14.4 Å². The summed E-state index contributed by atoms with van der Waals surface area (Å²) >= 11 is 1.32. The highest BCUT2D eigenvalue weighted by atomic mass is 32.1. The molecule has 3 N–H and O–H groups in total. The molecule has 1 aromatic rings. The predicted octanol–water partition coefficient (Wildman–Crippen LogP) is 0.884. The summed E-state index contributed by atoms with van der Waals surface area (Å²) in [6, 6.07) is 1.18. The predicted molar refractivity (Wildman–Crippen MR) is 89.9 cm³/mol. The van der Waals surface area contributed by atoms with Crippen LogP contribution in [0.2, 0.25) is 0 Å². The fraction of sp³-hybridized carbons (Fsp3) is 0.562. The number of hydrogen-bond acceptors (Lipinski definition) is 6. The topological polar surface area (TPSA) is 102 Å². The molecule has 2 aliphatic rings. The van der Waals surface area contributed by atoms with Crippen LogP contribution in [0.25, 0.3) is 0 Å². The van der Waals surface area contributed by atoms with Crippen molar-refractivity contribution in [2.45, 2.75) is 37.8 Å². The summed E-state index contributed by atoms with van der Waals surface area (Å²) in [4.78, 5) is 38.3. The van der Waals surface area contributed by atoms with Crippen LogP contribution in [0.3, 0.4) is 0 Å². The number of esters is 1. The van der Waals surface area contributed by atoms with E-state index < -0.39 is 12.0 Å². The largest absolute Gasteiger partial charge is 0.465 e. The fourth-order valence-corrected chi connectivity index (χ4v) is 4.26. The van der Waals surface area contributed by atoms with Gasteiger partial charge in [0.1, 0.15) is 11.0 Å². The first-order valence-corrected chi connectivity index (χ1v) is 8.92. The molecular formula is C16H21N3O4S. The lowest BCUT2D eigenvalue weighted by atomic mass is 10.1. The Morgan fingerprint density at radius 1 is 1.38 bits per heavy atom. The van der Waals surface area contributed by atoms with E-state index in [1.165, 1.54) is 18.4 Å². The highest BCUT2D eigenvalue weighted by Gasteiger charge is 2.38. The van der Waals surface area contributed by atoms with Gasteiger partial charge in [-0.15, -0.1) is 11.3 Å². The molecule has 0 aromatic carbocycles. The number of hydrogen-bond donors (Lipinski definition) is 2. The average molecular weight is 351 g/mol. The quantitative estimate of drug-likeness (QED) is 0.784. The van der Waals surface area contributed by atoms with Crippen LogP contribution in [0.15, 0.2) is 11.4 Å². The SMILES string of the molecule is COC(=O)c1ccsc1N1CCC(NC(=O)C2CCC(N)C2)C1=O. The maximum absolute atomic E-state index is 12.6. The normalized spacial score (nSPS) is 26.7. The second-order valence-electron chi connectivity index (χ2n) is 6.24. The van der Waals surface area contributed by atoms with Gasteiger partial charge >= 0.3 is 5.97 Å². The van der Waals surface area contributed by atoms with Crippen LogP contribution in [0, 0.1) is 5.92 Å². The van der Waals surface area contributed by atoms with Gasteiger partial charge in [0.15, 0.2) is 0 Å². The van der Waals surface area contributed by atoms with E-state index in [1.807, 2.05) is 0 Å². The molecule has 3 rings (SSSR count). The van der Waals surface area contributed by atoms with Gasteiger partial charge in [0.05, 0.1) is 12.7 Å². The van der Waals surface area contributed by atoms with Gasteiger partial charge < -0.3 is 20.7 Å². The highest BCUT2D eigenvalue weighted by molar-refractivity contribution is 7.14. The molecule has 1 aliphatic carbocycles. The molecule has 8 heteroatoms. The van der Waals surface area contributed by atoms with Gasteiger partial charge in [-0.05, 0) is 37.1 Å². The standard InChI is InChI=1S/C16H21N3O4S/c1-23-16(22)11-5-7-24-15(11)19-6-4-12(14(19)21)18-13(20)9-2-3-10(17)8-9/h5,7,9-10,12H,2-4,6,8,17H2,1H3,(H,18,20). The first-order valence-electron chi connectivity index (χ1n) is 8.04. The number of ether oxygens (including phenoxy) is 1. The van der Waals surface area contributed by atoms with E-state index in [0.717, 1.165) is 12.8 Å². The van der Waals surface area contributed by atoms with Crippen molar-refractivity contribution in [3.63, 3.8) is 0 Å². The van der Waals surface area contributed by atoms with Gasteiger partial charge in [-0.25, -0.2) is 4.79 Å². The Morgan fingerprint density at radius 2 is 2.17 bits per heavy atom. The van der Waals surface area contributed by atoms with Crippen LogP contribution < -0.4 is 16.0 Å². The Bertz CT molecular complexity index is 660. The molecule has 2 fully saturated rings. The van der Waals surface area contributed by atoms with E-state index in [2.05, 4.69) is 5.32 Å². The van der Waals surface area contributed by atoms with Crippen molar-refractivity contribution in [3.8, 4) is 0 Å². The zero-order valence-corrected chi connectivity index (χ0v) is 14.3. The zero-order valence-electron chi connectivity index (χ0n) is 13.5. The molecule has 130 valence electrons. The molecule has 7 nitrogen and oxygen atoms in total. The van der Waals surface area contributed by atoms with E-state index >= 15 is 0 Å². The molecule has 0 bridgehead atoms. The van der Waals surface area contributed by atoms with Crippen molar-refractivity contribution in [2.24, 2.45) is 11.7 Å². The number of amides is 2. The number of methoxy groups -OCH3 is 1. The summed E-state index contributed by atoms with van der Waals surface area (Å²) in [5, 5.41) is 5.17. The van der Waals surface area contributed by atoms with Gasteiger partial charge in [-0.1, -0.05) is 0 Å². The highest BCUT2D eigenvalue weighted by Crippen LogP contribution is 2.32.